The van der Waals surface area contributed by atoms with E-state index in [2.05, 4.69) is 0 Å². The molecular formula is C3HF6O+. The minimum absolute atomic E-state index is 3.72. The number of alkyl halides is 4. The van der Waals surface area contributed by atoms with Crippen molar-refractivity contribution in [2.45, 2.75) is 12.0 Å². The molecule has 0 aliphatic heterocycles. The zero-order valence-electron chi connectivity index (χ0n) is 4.22. The number of aliphatic hydroxyl groups is 1. The van der Waals surface area contributed by atoms with Crippen LogP contribution in [0.5, 0.6) is 0 Å². The first kappa shape index (κ1) is 9.41. The van der Waals surface area contributed by atoms with Crippen LogP contribution in [-0.2, 0) is 0 Å². The third-order valence-electron chi connectivity index (χ3n) is 0.626. The Balaban J connectivity index is 4.40. The van der Waals surface area contributed by atoms with Gasteiger partial charge in [-0.2, -0.15) is 13.2 Å². The van der Waals surface area contributed by atoms with Gasteiger partial charge in [0, 0.05) is 0 Å². The summed E-state index contributed by atoms with van der Waals surface area (Å²) in [4.78, 5) is 0. The first-order valence-corrected chi connectivity index (χ1v) is 1.86. The average Bonchev–Trinajstić information content (AvgIpc) is 1.62. The van der Waals surface area contributed by atoms with Crippen molar-refractivity contribution < 1.29 is 31.4 Å². The summed E-state index contributed by atoms with van der Waals surface area (Å²) >= 11 is 0. The highest BCUT2D eigenvalue weighted by Gasteiger charge is 2.75. The molecule has 0 aromatic rings. The van der Waals surface area contributed by atoms with Gasteiger partial charge in [0.05, 0.1) is 8.78 Å². The van der Waals surface area contributed by atoms with E-state index in [9.17, 15) is 26.3 Å². The van der Waals surface area contributed by atoms with E-state index in [1.54, 1.807) is 0 Å². The first-order valence-electron chi connectivity index (χ1n) is 1.86. The van der Waals surface area contributed by atoms with E-state index in [1.807, 2.05) is 0 Å². The Kier molecular flexibility index (Phi) is 2.09. The minimum atomic E-state index is -5.98. The van der Waals surface area contributed by atoms with Crippen LogP contribution in [0.2, 0.25) is 0 Å². The smallest absolute Gasteiger partial charge is 0.312 e. The fourth-order valence-electron chi connectivity index (χ4n) is 0.107. The third kappa shape index (κ3) is 1.47. The Morgan fingerprint density at radius 3 is 1.30 bits per heavy atom. The highest BCUT2D eigenvalue weighted by atomic mass is 19.4. The standard InChI is InChI=1S/C3HF6O/c4-1(5)2(6,10)3(7,8)9/h10H/q+1. The van der Waals surface area contributed by atoms with Crippen LogP contribution in [0.1, 0.15) is 0 Å². The molecule has 1 unspecified atom stereocenters. The molecule has 0 heterocycles. The second kappa shape index (κ2) is 2.22. The van der Waals surface area contributed by atoms with Crippen LogP contribution in [0.4, 0.5) is 26.3 Å². The number of hydrogen-bond acceptors (Lipinski definition) is 1. The molecule has 7 heteroatoms. The molecule has 0 radical (unpaired) electrons. The molecule has 1 atom stereocenters. The monoisotopic (exact) mass is 167 g/mol. The maximum absolute atomic E-state index is 11.4. The van der Waals surface area contributed by atoms with Crippen LogP contribution < -0.4 is 0 Å². The lowest BCUT2D eigenvalue weighted by molar-refractivity contribution is -0.326. The summed E-state index contributed by atoms with van der Waals surface area (Å²) in [6.45, 7) is 0. The Bertz CT molecular complexity index is 115. The predicted molar refractivity (Wildman–Crippen MR) is 17.6 cm³/mol. The summed E-state index contributed by atoms with van der Waals surface area (Å²) in [6.07, 6.45) is -9.70. The SMILES string of the molecule is OC(F)([C+](F)F)C(F)(F)F. The van der Waals surface area contributed by atoms with Crippen LogP contribution in [0.3, 0.4) is 0 Å². The highest BCUT2D eigenvalue weighted by molar-refractivity contribution is 4.89. The van der Waals surface area contributed by atoms with Crippen LogP contribution in [0.15, 0.2) is 0 Å². The van der Waals surface area contributed by atoms with Gasteiger partial charge in [0.1, 0.15) is 0 Å². The minimum Gasteiger partial charge on any atom is -0.312 e. The maximum atomic E-state index is 11.4. The van der Waals surface area contributed by atoms with Gasteiger partial charge in [-0.3, -0.25) is 0 Å². The molecule has 0 spiro atoms. The number of halogens is 6. The van der Waals surface area contributed by atoms with Crippen molar-refractivity contribution in [2.24, 2.45) is 0 Å². The van der Waals surface area contributed by atoms with Crippen molar-refractivity contribution in [1.82, 2.24) is 0 Å². The molecular weight excluding hydrogens is 166 g/mol. The summed E-state index contributed by atoms with van der Waals surface area (Å²) in [5.41, 5.74) is 0. The van der Waals surface area contributed by atoms with Gasteiger partial charge in [0.2, 0.25) is 0 Å². The Labute approximate surface area is 51.3 Å². The van der Waals surface area contributed by atoms with E-state index in [0.717, 1.165) is 0 Å². The molecule has 1 N–H and O–H groups in total. The zero-order valence-corrected chi connectivity index (χ0v) is 4.22. The molecule has 10 heavy (non-hydrogen) atoms. The maximum Gasteiger partial charge on any atom is 0.584 e. The van der Waals surface area contributed by atoms with Crippen LogP contribution in [0.25, 0.3) is 0 Å². The van der Waals surface area contributed by atoms with E-state index < -0.39 is 18.5 Å². The highest BCUT2D eigenvalue weighted by Crippen LogP contribution is 2.39. The lowest BCUT2D eigenvalue weighted by Crippen LogP contribution is -2.43. The topological polar surface area (TPSA) is 20.2 Å². The summed E-state index contributed by atoms with van der Waals surface area (Å²) < 4.78 is 66.0. The average molecular weight is 167 g/mol. The quantitative estimate of drug-likeness (QED) is 0.464. The summed E-state index contributed by atoms with van der Waals surface area (Å²) in [7, 11) is 0. The molecule has 0 rings (SSSR count). The van der Waals surface area contributed by atoms with Crippen LogP contribution in [0, 0.1) is 6.43 Å². The molecule has 0 fully saturated rings. The molecule has 0 saturated carbocycles. The molecule has 0 aliphatic rings. The molecule has 1 nitrogen and oxygen atoms in total. The Hall–Kier alpha value is -0.590. The number of rotatable bonds is 1. The molecule has 0 amide bonds. The lowest BCUT2D eigenvalue weighted by Gasteiger charge is -2.09. The van der Waals surface area contributed by atoms with Gasteiger partial charge in [-0.15, -0.1) is 4.39 Å². The van der Waals surface area contributed by atoms with Crippen LogP contribution in [-0.4, -0.2) is 17.1 Å². The van der Waals surface area contributed by atoms with Gasteiger partial charge in [0.15, 0.2) is 0 Å². The van der Waals surface area contributed by atoms with Crippen molar-refractivity contribution in [1.29, 1.82) is 0 Å². The van der Waals surface area contributed by atoms with Gasteiger partial charge >= 0.3 is 18.5 Å². The van der Waals surface area contributed by atoms with E-state index in [4.69, 9.17) is 5.11 Å². The van der Waals surface area contributed by atoms with E-state index >= 15 is 0 Å². The molecule has 60 valence electrons. The van der Waals surface area contributed by atoms with Crippen LogP contribution >= 0.6 is 0 Å². The van der Waals surface area contributed by atoms with Gasteiger partial charge in [-0.1, -0.05) is 0 Å². The first-order chi connectivity index (χ1) is 4.19. The van der Waals surface area contributed by atoms with Gasteiger partial charge in [-0.05, 0) is 0 Å². The zero-order chi connectivity index (χ0) is 8.58. The van der Waals surface area contributed by atoms with Gasteiger partial charge in [-0.25, -0.2) is 0 Å². The van der Waals surface area contributed by atoms with E-state index in [-0.39, 0.29) is 0 Å². The van der Waals surface area contributed by atoms with Crippen molar-refractivity contribution >= 4 is 0 Å². The van der Waals surface area contributed by atoms with E-state index in [0.29, 0.717) is 0 Å². The van der Waals surface area contributed by atoms with Crippen molar-refractivity contribution in [3.05, 3.63) is 6.43 Å². The molecule has 0 aliphatic carbocycles. The summed E-state index contributed by atoms with van der Waals surface area (Å²) in [6, 6.07) is 0. The van der Waals surface area contributed by atoms with Crippen molar-refractivity contribution in [3.63, 3.8) is 0 Å². The van der Waals surface area contributed by atoms with E-state index in [1.165, 1.54) is 0 Å². The normalized spacial score (nSPS) is 18.3. The second-order valence-electron chi connectivity index (χ2n) is 1.38. The molecule has 0 bridgehead atoms. The largest absolute Gasteiger partial charge is 0.584 e. The summed E-state index contributed by atoms with van der Waals surface area (Å²) in [5, 5.41) is 7.35. The second-order valence-corrected chi connectivity index (χ2v) is 1.38. The Morgan fingerprint density at radius 2 is 1.30 bits per heavy atom. The van der Waals surface area contributed by atoms with Crippen molar-refractivity contribution in [3.8, 4) is 0 Å². The fraction of sp³-hybridized carbons (Fsp3) is 0.667. The molecule has 0 saturated heterocycles. The fourth-order valence-corrected chi connectivity index (χ4v) is 0.107. The molecule has 0 aromatic heterocycles. The van der Waals surface area contributed by atoms with Gasteiger partial charge in [0.25, 0.3) is 0 Å². The van der Waals surface area contributed by atoms with Gasteiger partial charge < -0.3 is 5.11 Å². The third-order valence-corrected chi connectivity index (χ3v) is 0.626. The number of hydrogen-bond donors (Lipinski definition) is 1. The lowest BCUT2D eigenvalue weighted by atomic mass is 10.3. The molecule has 0 aromatic carbocycles. The van der Waals surface area contributed by atoms with Crippen molar-refractivity contribution in [2.75, 3.05) is 0 Å². The summed E-state index contributed by atoms with van der Waals surface area (Å²) in [5.74, 6) is -5.48. The Morgan fingerprint density at radius 1 is 1.00 bits per heavy atom. The predicted octanol–water partition coefficient (Wildman–Crippen LogP) is 1.64.